The zero-order valence-electron chi connectivity index (χ0n) is 16.1. The maximum Gasteiger partial charge on any atom is 0.262 e. The van der Waals surface area contributed by atoms with E-state index in [0.29, 0.717) is 39.0 Å². The number of hydrogen-bond donors (Lipinski definition) is 1. The highest BCUT2D eigenvalue weighted by Gasteiger charge is 2.33. The lowest BCUT2D eigenvalue weighted by atomic mass is 9.96. The van der Waals surface area contributed by atoms with Crippen LogP contribution in [0.15, 0.2) is 29.2 Å². The van der Waals surface area contributed by atoms with Gasteiger partial charge in [-0.2, -0.15) is 4.31 Å². The van der Waals surface area contributed by atoms with E-state index in [1.165, 1.54) is 29.0 Å². The number of aryl methyl sites for hydroxylation is 1. The van der Waals surface area contributed by atoms with Gasteiger partial charge in [0, 0.05) is 38.3 Å². The molecule has 0 unspecified atom stereocenters. The first-order chi connectivity index (χ1) is 13.0. The van der Waals surface area contributed by atoms with E-state index in [4.69, 9.17) is 0 Å². The van der Waals surface area contributed by atoms with Crippen LogP contribution >= 0.6 is 0 Å². The number of amides is 1. The molecule has 0 radical (unpaired) electrons. The van der Waals surface area contributed by atoms with Gasteiger partial charge in [0.05, 0.1) is 6.33 Å². The van der Waals surface area contributed by atoms with Crippen molar-refractivity contribution in [2.24, 2.45) is 5.92 Å². The van der Waals surface area contributed by atoms with E-state index in [2.05, 4.69) is 16.4 Å². The molecule has 150 valence electrons. The number of allylic oxidation sites excluding steroid dienone is 1. The van der Waals surface area contributed by atoms with Crippen LogP contribution in [0.25, 0.3) is 0 Å². The number of rotatable bonds is 7. The lowest BCUT2D eigenvalue weighted by Gasteiger charge is -2.30. The van der Waals surface area contributed by atoms with Crippen molar-refractivity contribution in [3.05, 3.63) is 24.2 Å². The molecule has 1 aromatic heterocycles. The second kappa shape index (κ2) is 9.01. The minimum Gasteiger partial charge on any atom is -0.356 e. The van der Waals surface area contributed by atoms with Crippen LogP contribution in [-0.2, 0) is 21.4 Å². The van der Waals surface area contributed by atoms with E-state index in [9.17, 15) is 13.2 Å². The smallest absolute Gasteiger partial charge is 0.262 e. The summed E-state index contributed by atoms with van der Waals surface area (Å²) in [5.74, 6) is -0.0521. The molecule has 2 aliphatic rings. The zero-order chi connectivity index (χ0) is 19.3. The van der Waals surface area contributed by atoms with Crippen molar-refractivity contribution < 1.29 is 13.2 Å². The Morgan fingerprint density at radius 1 is 1.30 bits per heavy atom. The molecule has 2 heterocycles. The Balaban J connectivity index is 1.46. The summed E-state index contributed by atoms with van der Waals surface area (Å²) in [6.45, 7) is 4.03. The highest BCUT2D eigenvalue weighted by Crippen LogP contribution is 2.23. The predicted molar refractivity (Wildman–Crippen MR) is 104 cm³/mol. The monoisotopic (exact) mass is 394 g/mol. The quantitative estimate of drug-likeness (QED) is 0.719. The number of nitrogens with one attached hydrogen (secondary N) is 1. The van der Waals surface area contributed by atoms with Gasteiger partial charge in [-0.3, -0.25) is 4.79 Å². The van der Waals surface area contributed by atoms with Crippen LogP contribution in [0, 0.1) is 5.92 Å². The molecule has 0 spiro atoms. The van der Waals surface area contributed by atoms with Crippen LogP contribution in [0.4, 0.5) is 0 Å². The summed E-state index contributed by atoms with van der Waals surface area (Å²) >= 11 is 0. The summed E-state index contributed by atoms with van der Waals surface area (Å²) in [5.41, 5.74) is 1.45. The first-order valence-corrected chi connectivity index (χ1v) is 11.4. The molecule has 0 bridgehead atoms. The SMILES string of the molecule is CCn1cnc(S(=O)(=O)N2CCC(C(=O)NCCC3=CCCCC3)CC2)c1. The Hall–Kier alpha value is -1.67. The molecular formula is C19H30N4O3S. The Morgan fingerprint density at radius 3 is 2.70 bits per heavy atom. The fourth-order valence-corrected chi connectivity index (χ4v) is 5.16. The topological polar surface area (TPSA) is 84.3 Å². The van der Waals surface area contributed by atoms with E-state index in [1.807, 2.05) is 6.92 Å². The molecule has 0 atom stereocenters. The van der Waals surface area contributed by atoms with Crippen molar-refractivity contribution in [2.45, 2.75) is 63.4 Å². The van der Waals surface area contributed by atoms with Crippen molar-refractivity contribution in [3.63, 3.8) is 0 Å². The zero-order valence-corrected chi connectivity index (χ0v) is 16.9. The number of sulfonamides is 1. The molecule has 1 fully saturated rings. The van der Waals surface area contributed by atoms with Gasteiger partial charge in [-0.1, -0.05) is 11.6 Å². The fourth-order valence-electron chi connectivity index (χ4n) is 3.76. The lowest BCUT2D eigenvalue weighted by molar-refractivity contribution is -0.126. The van der Waals surface area contributed by atoms with Crippen molar-refractivity contribution in [2.75, 3.05) is 19.6 Å². The molecule has 1 aliphatic carbocycles. The van der Waals surface area contributed by atoms with E-state index >= 15 is 0 Å². The predicted octanol–water partition coefficient (Wildman–Crippen LogP) is 2.31. The van der Waals surface area contributed by atoms with Gasteiger partial charge >= 0.3 is 0 Å². The lowest BCUT2D eigenvalue weighted by Crippen LogP contribution is -2.43. The Bertz CT molecular complexity index is 777. The van der Waals surface area contributed by atoms with E-state index < -0.39 is 10.0 Å². The summed E-state index contributed by atoms with van der Waals surface area (Å²) in [5, 5.41) is 3.12. The first kappa shape index (κ1) is 20.1. The molecule has 27 heavy (non-hydrogen) atoms. The Kier molecular flexibility index (Phi) is 6.70. The van der Waals surface area contributed by atoms with Crippen molar-refractivity contribution in [3.8, 4) is 0 Å². The number of carbonyl (C=O) groups is 1. The van der Waals surface area contributed by atoms with Crippen molar-refractivity contribution in [1.29, 1.82) is 0 Å². The molecule has 1 saturated heterocycles. The van der Waals surface area contributed by atoms with E-state index in [0.717, 1.165) is 19.3 Å². The van der Waals surface area contributed by atoms with Gasteiger partial charge in [0.1, 0.15) is 0 Å². The maximum atomic E-state index is 12.7. The molecule has 0 saturated carbocycles. The fraction of sp³-hybridized carbons (Fsp3) is 0.684. The third-order valence-electron chi connectivity index (χ3n) is 5.53. The van der Waals surface area contributed by atoms with Crippen LogP contribution in [0.5, 0.6) is 0 Å². The van der Waals surface area contributed by atoms with Crippen molar-refractivity contribution in [1.82, 2.24) is 19.2 Å². The normalized spacial score (nSPS) is 19.7. The molecule has 3 rings (SSSR count). The van der Waals surface area contributed by atoms with Gasteiger partial charge in [0.15, 0.2) is 5.03 Å². The second-order valence-corrected chi connectivity index (χ2v) is 9.25. The van der Waals surface area contributed by atoms with Crippen LogP contribution < -0.4 is 5.32 Å². The summed E-state index contributed by atoms with van der Waals surface area (Å²) in [4.78, 5) is 16.4. The summed E-state index contributed by atoms with van der Waals surface area (Å²) in [6.07, 6.45) is 12.3. The van der Waals surface area contributed by atoms with Gasteiger partial charge in [-0.15, -0.1) is 0 Å². The minimum absolute atomic E-state index is 0.0544. The van der Waals surface area contributed by atoms with Gasteiger partial charge in [-0.05, 0) is 51.9 Å². The molecule has 0 aromatic carbocycles. The number of piperidine rings is 1. The van der Waals surface area contributed by atoms with E-state index in [1.54, 1.807) is 10.8 Å². The Morgan fingerprint density at radius 2 is 2.07 bits per heavy atom. The number of aromatic nitrogens is 2. The average molecular weight is 395 g/mol. The first-order valence-electron chi connectivity index (χ1n) is 9.98. The van der Waals surface area contributed by atoms with E-state index in [-0.39, 0.29) is 16.9 Å². The van der Waals surface area contributed by atoms with Gasteiger partial charge in [0.25, 0.3) is 10.0 Å². The van der Waals surface area contributed by atoms with Gasteiger partial charge in [0.2, 0.25) is 5.91 Å². The number of carbonyl (C=O) groups excluding carboxylic acids is 1. The number of nitrogens with zero attached hydrogens (tertiary/aromatic N) is 3. The number of hydrogen-bond acceptors (Lipinski definition) is 4. The van der Waals surface area contributed by atoms with Crippen LogP contribution in [0.3, 0.4) is 0 Å². The van der Waals surface area contributed by atoms with Gasteiger partial charge in [-0.25, -0.2) is 13.4 Å². The van der Waals surface area contributed by atoms with Gasteiger partial charge < -0.3 is 9.88 Å². The van der Waals surface area contributed by atoms with Crippen LogP contribution in [0.1, 0.15) is 51.9 Å². The molecule has 1 N–H and O–H groups in total. The Labute approximate surface area is 161 Å². The summed E-state index contributed by atoms with van der Waals surface area (Å²) in [6, 6.07) is 0. The molecule has 1 aliphatic heterocycles. The molecule has 8 heteroatoms. The summed E-state index contributed by atoms with van der Waals surface area (Å²) < 4.78 is 28.6. The van der Waals surface area contributed by atoms with Crippen LogP contribution in [-0.4, -0.2) is 47.8 Å². The average Bonchev–Trinajstić information content (AvgIpc) is 3.19. The molecular weight excluding hydrogens is 364 g/mol. The highest BCUT2D eigenvalue weighted by molar-refractivity contribution is 7.89. The molecule has 1 amide bonds. The molecule has 7 nitrogen and oxygen atoms in total. The standard InChI is InChI=1S/C19H30N4O3S/c1-2-22-14-18(21-15-22)27(25,26)23-12-9-17(10-13-23)19(24)20-11-8-16-6-4-3-5-7-16/h6,14-15,17H,2-5,7-13H2,1H3,(H,20,24). The highest BCUT2D eigenvalue weighted by atomic mass is 32.2. The summed E-state index contributed by atoms with van der Waals surface area (Å²) in [7, 11) is -3.57. The third-order valence-corrected chi connectivity index (χ3v) is 7.32. The minimum atomic E-state index is -3.57. The molecule has 1 aromatic rings. The second-order valence-electron chi connectivity index (χ2n) is 7.37. The third kappa shape index (κ3) is 4.99. The maximum absolute atomic E-state index is 12.7. The largest absolute Gasteiger partial charge is 0.356 e. The van der Waals surface area contributed by atoms with Crippen LogP contribution in [0.2, 0.25) is 0 Å². The number of imidazole rings is 1. The van der Waals surface area contributed by atoms with Crippen molar-refractivity contribution >= 4 is 15.9 Å².